The van der Waals surface area contributed by atoms with Crippen molar-refractivity contribution in [3.8, 4) is 0 Å². The van der Waals surface area contributed by atoms with E-state index in [9.17, 15) is 18.4 Å². The van der Waals surface area contributed by atoms with Gasteiger partial charge in [0.15, 0.2) is 0 Å². The summed E-state index contributed by atoms with van der Waals surface area (Å²) < 4.78 is 58.9. The first-order chi connectivity index (χ1) is 12.3. The van der Waals surface area contributed by atoms with Crippen LogP contribution in [0.15, 0.2) is 72.3 Å². The smallest absolute Gasteiger partial charge is 0.221 e. The minimum atomic E-state index is -3.55. The van der Waals surface area contributed by atoms with Crippen LogP contribution in [0.1, 0.15) is 33.6 Å². The summed E-state index contributed by atoms with van der Waals surface area (Å²) in [5.74, 6) is -5.92. The molecular weight excluding hydrogens is 348 g/mol. The van der Waals surface area contributed by atoms with E-state index >= 15 is 8.78 Å². The van der Waals surface area contributed by atoms with Crippen molar-refractivity contribution in [2.75, 3.05) is 0 Å². The normalized spacial score (nSPS) is 25.8. The fourth-order valence-electron chi connectivity index (χ4n) is 3.06. The standard InChI is InChI=1S/C20H14F4O2/c21-15-11-19(23,17(25)13-7-3-1-4-8-13)20(24,12-16(15)22)18(26)14-9-5-2-6-10-14/h1-10H,11-12H2. The molecule has 0 amide bonds. The lowest BCUT2D eigenvalue weighted by Crippen LogP contribution is -2.59. The van der Waals surface area contributed by atoms with Gasteiger partial charge in [0.1, 0.15) is 11.7 Å². The van der Waals surface area contributed by atoms with Gasteiger partial charge in [-0.2, -0.15) is 0 Å². The zero-order valence-corrected chi connectivity index (χ0v) is 13.5. The number of Topliss-reactive ketones (excluding diaryl/α,β-unsaturated/α-hetero) is 2. The van der Waals surface area contributed by atoms with E-state index in [1.165, 1.54) is 48.5 Å². The number of carbonyl (C=O) groups is 2. The summed E-state index contributed by atoms with van der Waals surface area (Å²) in [5, 5.41) is 0. The third kappa shape index (κ3) is 2.75. The van der Waals surface area contributed by atoms with Gasteiger partial charge in [-0.25, -0.2) is 17.6 Å². The molecule has 0 heterocycles. The second-order valence-electron chi connectivity index (χ2n) is 6.16. The molecule has 0 N–H and O–H groups in total. The molecule has 1 aliphatic rings. The van der Waals surface area contributed by atoms with Crippen LogP contribution in [0.2, 0.25) is 0 Å². The van der Waals surface area contributed by atoms with E-state index in [2.05, 4.69) is 0 Å². The first-order valence-electron chi connectivity index (χ1n) is 7.90. The van der Waals surface area contributed by atoms with Crippen molar-refractivity contribution in [3.05, 3.63) is 83.4 Å². The van der Waals surface area contributed by atoms with E-state index in [1.807, 2.05) is 0 Å². The highest BCUT2D eigenvalue weighted by molar-refractivity contribution is 6.12. The summed E-state index contributed by atoms with van der Waals surface area (Å²) in [7, 11) is 0. The molecule has 2 aromatic carbocycles. The molecule has 0 aromatic heterocycles. The number of hydrogen-bond acceptors (Lipinski definition) is 2. The Bertz CT molecular complexity index is 806. The van der Waals surface area contributed by atoms with Gasteiger partial charge >= 0.3 is 0 Å². The highest BCUT2D eigenvalue weighted by atomic mass is 19.2. The number of carbonyl (C=O) groups excluding carboxylic acids is 2. The van der Waals surface area contributed by atoms with Crippen LogP contribution in [-0.4, -0.2) is 22.9 Å². The maximum absolute atomic E-state index is 15.7. The number of rotatable bonds is 4. The molecule has 0 saturated heterocycles. The van der Waals surface area contributed by atoms with E-state index in [-0.39, 0.29) is 11.1 Å². The Morgan fingerprint density at radius 1 is 0.654 bits per heavy atom. The number of benzene rings is 2. The maximum atomic E-state index is 15.7. The number of hydrogen-bond donors (Lipinski definition) is 0. The van der Waals surface area contributed by atoms with Crippen molar-refractivity contribution in [1.29, 1.82) is 0 Å². The summed E-state index contributed by atoms with van der Waals surface area (Å²) in [5.41, 5.74) is -7.57. The molecule has 0 radical (unpaired) electrons. The lowest BCUT2D eigenvalue weighted by molar-refractivity contribution is -0.0231. The van der Waals surface area contributed by atoms with E-state index in [0.717, 1.165) is 0 Å². The average Bonchev–Trinajstić information content (AvgIpc) is 2.66. The van der Waals surface area contributed by atoms with E-state index in [4.69, 9.17) is 0 Å². The highest BCUT2D eigenvalue weighted by Crippen LogP contribution is 2.49. The molecule has 2 atom stereocenters. The van der Waals surface area contributed by atoms with Crippen LogP contribution in [0.4, 0.5) is 17.6 Å². The SMILES string of the molecule is O=C(c1ccccc1)C1(F)CC(F)=C(F)CC1(F)C(=O)c1ccccc1. The number of ketones is 2. The molecule has 6 heteroatoms. The zero-order chi connectivity index (χ0) is 18.9. The van der Waals surface area contributed by atoms with Crippen molar-refractivity contribution >= 4 is 11.6 Å². The number of halogens is 4. The minimum Gasteiger partial charge on any atom is -0.290 e. The third-order valence-electron chi connectivity index (χ3n) is 4.51. The molecule has 134 valence electrons. The van der Waals surface area contributed by atoms with Gasteiger partial charge in [0.25, 0.3) is 0 Å². The van der Waals surface area contributed by atoms with Crippen molar-refractivity contribution in [1.82, 2.24) is 0 Å². The van der Waals surface area contributed by atoms with Crippen molar-refractivity contribution < 1.29 is 27.2 Å². The molecule has 0 saturated carbocycles. The molecule has 0 spiro atoms. The molecule has 2 unspecified atom stereocenters. The molecular formula is C20H14F4O2. The Morgan fingerprint density at radius 3 is 1.27 bits per heavy atom. The van der Waals surface area contributed by atoms with Crippen LogP contribution >= 0.6 is 0 Å². The fourth-order valence-corrected chi connectivity index (χ4v) is 3.06. The number of allylic oxidation sites excluding steroid dienone is 2. The molecule has 2 nitrogen and oxygen atoms in total. The summed E-state index contributed by atoms with van der Waals surface area (Å²) in [6, 6.07) is 13.7. The predicted octanol–water partition coefficient (Wildman–Crippen LogP) is 5.11. The lowest BCUT2D eigenvalue weighted by atomic mass is 9.69. The Morgan fingerprint density at radius 2 is 0.962 bits per heavy atom. The third-order valence-corrected chi connectivity index (χ3v) is 4.51. The van der Waals surface area contributed by atoms with Crippen LogP contribution in [0.25, 0.3) is 0 Å². The zero-order valence-electron chi connectivity index (χ0n) is 13.5. The average molecular weight is 362 g/mol. The van der Waals surface area contributed by atoms with Crippen LogP contribution < -0.4 is 0 Å². The van der Waals surface area contributed by atoms with Crippen molar-refractivity contribution in [2.24, 2.45) is 0 Å². The van der Waals surface area contributed by atoms with E-state index in [0.29, 0.717) is 0 Å². The second-order valence-corrected chi connectivity index (χ2v) is 6.16. The van der Waals surface area contributed by atoms with Gasteiger partial charge in [-0.1, -0.05) is 60.7 Å². The molecule has 26 heavy (non-hydrogen) atoms. The van der Waals surface area contributed by atoms with Gasteiger partial charge in [0.05, 0.1) is 0 Å². The summed E-state index contributed by atoms with van der Waals surface area (Å²) in [6.45, 7) is 0. The van der Waals surface area contributed by atoms with Crippen LogP contribution in [-0.2, 0) is 0 Å². The van der Waals surface area contributed by atoms with Crippen molar-refractivity contribution in [2.45, 2.75) is 24.2 Å². The molecule has 1 aliphatic carbocycles. The summed E-state index contributed by atoms with van der Waals surface area (Å²) in [6.07, 6.45) is -2.94. The van der Waals surface area contributed by atoms with Crippen LogP contribution in [0.3, 0.4) is 0 Å². The lowest BCUT2D eigenvalue weighted by Gasteiger charge is -2.39. The van der Waals surface area contributed by atoms with Crippen LogP contribution in [0, 0.1) is 0 Å². The molecule has 3 rings (SSSR count). The Hall–Kier alpha value is -2.76. The van der Waals surface area contributed by atoms with Crippen molar-refractivity contribution in [3.63, 3.8) is 0 Å². The van der Waals surface area contributed by atoms with Gasteiger partial charge in [0.2, 0.25) is 22.9 Å². The van der Waals surface area contributed by atoms with Crippen LogP contribution in [0.5, 0.6) is 0 Å². The minimum absolute atomic E-state index is 0.229. The first-order valence-corrected chi connectivity index (χ1v) is 7.90. The monoisotopic (exact) mass is 362 g/mol. The van der Waals surface area contributed by atoms with Gasteiger partial charge in [-0.15, -0.1) is 0 Å². The maximum Gasteiger partial charge on any atom is 0.221 e. The van der Waals surface area contributed by atoms with Gasteiger partial charge in [-0.05, 0) is 0 Å². The molecule has 0 bridgehead atoms. The predicted molar refractivity (Wildman–Crippen MR) is 87.7 cm³/mol. The Kier molecular flexibility index (Phi) is 4.52. The Labute approximate surface area is 147 Å². The highest BCUT2D eigenvalue weighted by Gasteiger charge is 2.66. The molecule has 2 aromatic rings. The summed E-state index contributed by atoms with van der Waals surface area (Å²) in [4.78, 5) is 25.3. The molecule has 0 aliphatic heterocycles. The van der Waals surface area contributed by atoms with Gasteiger partial charge in [-0.3, -0.25) is 9.59 Å². The first kappa shape index (κ1) is 18.0. The largest absolute Gasteiger partial charge is 0.290 e. The topological polar surface area (TPSA) is 34.1 Å². The van der Waals surface area contributed by atoms with E-state index in [1.54, 1.807) is 12.1 Å². The van der Waals surface area contributed by atoms with Gasteiger partial charge in [0, 0.05) is 24.0 Å². The summed E-state index contributed by atoms with van der Waals surface area (Å²) >= 11 is 0. The fraction of sp³-hybridized carbons (Fsp3) is 0.200. The molecule has 0 fully saturated rings. The second kappa shape index (κ2) is 6.52. The van der Waals surface area contributed by atoms with E-state index < -0.39 is 47.4 Å². The van der Waals surface area contributed by atoms with Gasteiger partial charge < -0.3 is 0 Å². The quantitative estimate of drug-likeness (QED) is 0.559. The Balaban J connectivity index is 2.14. The number of alkyl halides is 2.